The Labute approximate surface area is 33.2 Å². The SMILES string of the molecule is O.O.[B]CC. The third-order valence-corrected chi connectivity index (χ3v) is 0. The molecule has 0 aromatic carbocycles. The van der Waals surface area contributed by atoms with Gasteiger partial charge in [-0.15, -0.1) is 0 Å². The van der Waals surface area contributed by atoms with Gasteiger partial charge in [0.25, 0.3) is 0 Å². The fraction of sp³-hybridized carbons (Fsp3) is 1.00. The van der Waals surface area contributed by atoms with Gasteiger partial charge in [-0.2, -0.15) is 0 Å². The lowest BCUT2D eigenvalue weighted by atomic mass is 10.1. The molecule has 4 N–H and O–H groups in total. The van der Waals surface area contributed by atoms with Crippen LogP contribution in [0.15, 0.2) is 0 Å². The van der Waals surface area contributed by atoms with E-state index in [9.17, 15) is 0 Å². The molecule has 32 valence electrons. The van der Waals surface area contributed by atoms with Gasteiger partial charge < -0.3 is 11.0 Å². The minimum absolute atomic E-state index is 0. The van der Waals surface area contributed by atoms with Crippen molar-refractivity contribution in [2.75, 3.05) is 0 Å². The lowest BCUT2D eigenvalue weighted by Gasteiger charge is -1.46. The van der Waals surface area contributed by atoms with E-state index in [2.05, 4.69) is 0 Å². The molecule has 0 aliphatic rings. The van der Waals surface area contributed by atoms with E-state index in [0.717, 1.165) is 6.32 Å². The van der Waals surface area contributed by atoms with Gasteiger partial charge in [0, 0.05) is 0 Å². The summed E-state index contributed by atoms with van der Waals surface area (Å²) >= 11 is 0. The van der Waals surface area contributed by atoms with Crippen LogP contribution in [0.5, 0.6) is 0 Å². The van der Waals surface area contributed by atoms with Crippen molar-refractivity contribution >= 4 is 7.85 Å². The highest BCUT2D eigenvalue weighted by molar-refractivity contribution is 6.08. The first-order valence-electron chi connectivity index (χ1n) is 1.12. The highest BCUT2D eigenvalue weighted by atomic mass is 16.0. The van der Waals surface area contributed by atoms with E-state index in [-0.39, 0.29) is 11.0 Å². The second-order valence-electron chi connectivity index (χ2n) is 0.408. The molecule has 0 aromatic heterocycles. The molecule has 0 fully saturated rings. The molecular weight excluding hydrogens is 66.8 g/mol. The van der Waals surface area contributed by atoms with Crippen molar-refractivity contribution in [2.24, 2.45) is 0 Å². The van der Waals surface area contributed by atoms with E-state index in [0.29, 0.717) is 0 Å². The quantitative estimate of drug-likeness (QED) is 0.330. The molecule has 0 saturated heterocycles. The summed E-state index contributed by atoms with van der Waals surface area (Å²) in [6, 6.07) is 0. The first-order chi connectivity index (χ1) is 1.41. The van der Waals surface area contributed by atoms with Crippen LogP contribution in [-0.2, 0) is 0 Å². The Morgan fingerprint density at radius 1 is 1.40 bits per heavy atom. The van der Waals surface area contributed by atoms with Crippen molar-refractivity contribution in [3.8, 4) is 0 Å². The molecule has 0 saturated carbocycles. The Morgan fingerprint density at radius 3 is 1.40 bits per heavy atom. The Morgan fingerprint density at radius 2 is 1.40 bits per heavy atom. The molecule has 5 heavy (non-hydrogen) atoms. The zero-order valence-electron chi connectivity index (χ0n) is 3.28. The molecule has 0 rings (SSSR count). The molecule has 0 spiro atoms. The van der Waals surface area contributed by atoms with Crippen LogP contribution in [0.25, 0.3) is 0 Å². The van der Waals surface area contributed by atoms with Crippen LogP contribution in [0.2, 0.25) is 6.32 Å². The van der Waals surface area contributed by atoms with Crippen LogP contribution in [0.1, 0.15) is 6.92 Å². The molecule has 3 heteroatoms. The number of rotatable bonds is 0. The zero-order chi connectivity index (χ0) is 2.71. The predicted octanol–water partition coefficient (Wildman–Crippen LogP) is -1.06. The second kappa shape index (κ2) is 36.6. The predicted molar refractivity (Wildman–Crippen MR) is 23.5 cm³/mol. The highest BCUT2D eigenvalue weighted by Crippen LogP contribution is 1.49. The molecule has 0 aliphatic carbocycles. The molecule has 0 unspecified atom stereocenters. The average molecular weight is 75.9 g/mol. The molecule has 0 aliphatic heterocycles. The lowest BCUT2D eigenvalue weighted by Crippen LogP contribution is -1.41. The van der Waals surface area contributed by atoms with Gasteiger partial charge in [0.2, 0.25) is 0 Å². The summed E-state index contributed by atoms with van der Waals surface area (Å²) in [5.41, 5.74) is 0. The first-order valence-corrected chi connectivity index (χ1v) is 1.12. The fourth-order valence-electron chi connectivity index (χ4n) is 0. The Bertz CT molecular complexity index is 7.61. The largest absolute Gasteiger partial charge is 0.412 e. The van der Waals surface area contributed by atoms with Crippen LogP contribution < -0.4 is 0 Å². The van der Waals surface area contributed by atoms with Crippen molar-refractivity contribution in [3.63, 3.8) is 0 Å². The number of hydrogen-bond donors (Lipinski definition) is 0. The average Bonchev–Trinajstić information content (AvgIpc) is 0.918. The smallest absolute Gasteiger partial charge is 0.0649 e. The van der Waals surface area contributed by atoms with Crippen LogP contribution in [-0.4, -0.2) is 18.8 Å². The Kier molecular flexibility index (Phi) is 147. The van der Waals surface area contributed by atoms with Gasteiger partial charge in [-0.1, -0.05) is 13.2 Å². The van der Waals surface area contributed by atoms with Gasteiger partial charge in [0.05, 0.1) is 7.85 Å². The minimum atomic E-state index is 0. The normalized spacial score (nSPS) is 3.40. The molecule has 2 radical (unpaired) electrons. The molecule has 0 bridgehead atoms. The van der Waals surface area contributed by atoms with Crippen molar-refractivity contribution in [2.45, 2.75) is 13.2 Å². The van der Waals surface area contributed by atoms with Crippen LogP contribution in [0, 0.1) is 0 Å². The zero-order valence-corrected chi connectivity index (χ0v) is 3.28. The maximum atomic E-state index is 4.85. The maximum Gasteiger partial charge on any atom is 0.0649 e. The van der Waals surface area contributed by atoms with E-state index < -0.39 is 0 Å². The third kappa shape index (κ3) is 69200. The van der Waals surface area contributed by atoms with E-state index >= 15 is 0 Å². The summed E-state index contributed by atoms with van der Waals surface area (Å²) in [4.78, 5) is 0. The lowest BCUT2D eigenvalue weighted by molar-refractivity contribution is 0.823. The molecular formula is C2H9BO2. The van der Waals surface area contributed by atoms with Gasteiger partial charge >= 0.3 is 0 Å². The summed E-state index contributed by atoms with van der Waals surface area (Å²) in [6.07, 6.45) is 0.750. The van der Waals surface area contributed by atoms with Gasteiger partial charge in [0.15, 0.2) is 0 Å². The maximum absolute atomic E-state index is 4.85. The second-order valence-corrected chi connectivity index (χ2v) is 0.408. The van der Waals surface area contributed by atoms with E-state index in [4.69, 9.17) is 7.85 Å². The summed E-state index contributed by atoms with van der Waals surface area (Å²) in [5.74, 6) is 0. The van der Waals surface area contributed by atoms with Gasteiger partial charge in [0.1, 0.15) is 0 Å². The Hall–Kier alpha value is -0.0151. The van der Waals surface area contributed by atoms with E-state index in [1.54, 1.807) is 0 Å². The van der Waals surface area contributed by atoms with Crippen LogP contribution in [0.4, 0.5) is 0 Å². The highest BCUT2D eigenvalue weighted by Gasteiger charge is 1.37. The molecule has 0 amide bonds. The first kappa shape index (κ1) is 20.1. The summed E-state index contributed by atoms with van der Waals surface area (Å²) in [7, 11) is 4.85. The van der Waals surface area contributed by atoms with Crippen molar-refractivity contribution < 1.29 is 11.0 Å². The molecule has 0 heterocycles. The van der Waals surface area contributed by atoms with Gasteiger partial charge in [-0.05, 0) is 0 Å². The third-order valence-electron chi connectivity index (χ3n) is 0. The molecule has 0 atom stereocenters. The van der Waals surface area contributed by atoms with Crippen molar-refractivity contribution in [1.29, 1.82) is 0 Å². The minimum Gasteiger partial charge on any atom is -0.412 e. The van der Waals surface area contributed by atoms with E-state index in [1.165, 1.54) is 0 Å². The topological polar surface area (TPSA) is 63.0 Å². The van der Waals surface area contributed by atoms with Gasteiger partial charge in [-0.25, -0.2) is 0 Å². The molecule has 0 aromatic rings. The van der Waals surface area contributed by atoms with Crippen molar-refractivity contribution in [1.82, 2.24) is 0 Å². The fourth-order valence-corrected chi connectivity index (χ4v) is 0. The summed E-state index contributed by atoms with van der Waals surface area (Å²) in [5, 5.41) is 0. The molecule has 2 nitrogen and oxygen atoms in total. The Balaban J connectivity index is -0.0000000200. The van der Waals surface area contributed by atoms with Gasteiger partial charge in [-0.3, -0.25) is 0 Å². The summed E-state index contributed by atoms with van der Waals surface area (Å²) in [6.45, 7) is 1.90. The van der Waals surface area contributed by atoms with E-state index in [1.807, 2.05) is 6.92 Å². The monoisotopic (exact) mass is 76.1 g/mol. The van der Waals surface area contributed by atoms with Crippen molar-refractivity contribution in [3.05, 3.63) is 0 Å². The standard InChI is InChI=1S/C2H5B.2H2O/c1-2-3;;/h2H2,1H3;2*1H2. The summed E-state index contributed by atoms with van der Waals surface area (Å²) < 4.78 is 0. The number of hydrogen-bond acceptors (Lipinski definition) is 0. The van der Waals surface area contributed by atoms with Crippen LogP contribution >= 0.6 is 0 Å². The van der Waals surface area contributed by atoms with Crippen LogP contribution in [0.3, 0.4) is 0 Å².